The molecule has 0 atom stereocenters. The number of hydrogen-bond acceptors (Lipinski definition) is 6. The third kappa shape index (κ3) is 5.14. The third-order valence-electron chi connectivity index (χ3n) is 4.55. The van der Waals surface area contributed by atoms with E-state index in [2.05, 4.69) is 5.32 Å². The van der Waals surface area contributed by atoms with Crippen LogP contribution in [0.2, 0.25) is 0 Å². The average Bonchev–Trinajstić information content (AvgIpc) is 3.14. The highest BCUT2D eigenvalue weighted by molar-refractivity contribution is 6.05. The number of anilines is 1. The smallest absolute Gasteiger partial charge is 0.417 e. The molecule has 152 valence electrons. The van der Waals surface area contributed by atoms with Crippen molar-refractivity contribution in [1.29, 1.82) is 0 Å². The number of likely N-dealkylation sites (tertiary alicyclic amines) is 1. The standard InChI is InChI=1S/C22H24N2O5/c1-27-15-20(23-17-8-10-18(28-2)11-9-17)19-12-13-24(21(19)25)22(26)29-14-16-6-4-3-5-7-16/h3-11,23H,12-15H2,1-2H3. The minimum absolute atomic E-state index is 0.123. The Hall–Kier alpha value is -3.32. The molecule has 29 heavy (non-hydrogen) atoms. The molecule has 2 aromatic rings. The van der Waals surface area contributed by atoms with Gasteiger partial charge in [0.25, 0.3) is 5.91 Å². The fraction of sp³-hybridized carbons (Fsp3) is 0.273. The van der Waals surface area contributed by atoms with Crippen LogP contribution in [0.3, 0.4) is 0 Å². The summed E-state index contributed by atoms with van der Waals surface area (Å²) in [5, 5.41) is 3.22. The minimum atomic E-state index is -0.643. The molecule has 0 bridgehead atoms. The molecular weight excluding hydrogens is 372 g/mol. The van der Waals surface area contributed by atoms with Crippen LogP contribution in [0.15, 0.2) is 65.9 Å². The fourth-order valence-corrected chi connectivity index (χ4v) is 3.04. The molecule has 0 saturated carbocycles. The van der Waals surface area contributed by atoms with Crippen molar-refractivity contribution in [3.8, 4) is 5.75 Å². The summed E-state index contributed by atoms with van der Waals surface area (Å²) >= 11 is 0. The highest BCUT2D eigenvalue weighted by Gasteiger charge is 2.34. The highest BCUT2D eigenvalue weighted by Crippen LogP contribution is 2.24. The van der Waals surface area contributed by atoms with Crippen LogP contribution in [-0.2, 0) is 20.9 Å². The molecule has 0 radical (unpaired) electrons. The Balaban J connectivity index is 1.69. The second kappa shape index (κ2) is 9.75. The van der Waals surface area contributed by atoms with Gasteiger partial charge in [0.05, 0.1) is 19.4 Å². The zero-order chi connectivity index (χ0) is 20.6. The van der Waals surface area contributed by atoms with E-state index in [0.717, 1.165) is 21.9 Å². The van der Waals surface area contributed by atoms with E-state index >= 15 is 0 Å². The number of imide groups is 1. The molecule has 1 aliphatic rings. The van der Waals surface area contributed by atoms with Crippen molar-refractivity contribution >= 4 is 17.7 Å². The average molecular weight is 396 g/mol. The van der Waals surface area contributed by atoms with Crippen molar-refractivity contribution in [2.75, 3.05) is 32.7 Å². The van der Waals surface area contributed by atoms with Gasteiger partial charge in [-0.15, -0.1) is 0 Å². The number of methoxy groups -OCH3 is 2. The molecule has 3 rings (SSSR count). The van der Waals surface area contributed by atoms with Crippen molar-refractivity contribution in [3.63, 3.8) is 0 Å². The number of hydrogen-bond donors (Lipinski definition) is 1. The number of nitrogens with one attached hydrogen (secondary N) is 1. The monoisotopic (exact) mass is 396 g/mol. The van der Waals surface area contributed by atoms with Gasteiger partial charge in [-0.1, -0.05) is 30.3 Å². The topological polar surface area (TPSA) is 77.1 Å². The highest BCUT2D eigenvalue weighted by atomic mass is 16.6. The van der Waals surface area contributed by atoms with Crippen LogP contribution in [0.1, 0.15) is 12.0 Å². The summed E-state index contributed by atoms with van der Waals surface area (Å²) in [5.74, 6) is 0.372. The molecule has 0 aromatic heterocycles. The molecule has 0 unspecified atom stereocenters. The van der Waals surface area contributed by atoms with Gasteiger partial charge in [0.15, 0.2) is 0 Å². The Morgan fingerprint density at radius 3 is 2.45 bits per heavy atom. The van der Waals surface area contributed by atoms with Gasteiger partial charge in [0.2, 0.25) is 0 Å². The lowest BCUT2D eigenvalue weighted by atomic mass is 10.1. The lowest BCUT2D eigenvalue weighted by Gasteiger charge is -2.15. The van der Waals surface area contributed by atoms with E-state index in [0.29, 0.717) is 17.7 Å². The van der Waals surface area contributed by atoms with Crippen LogP contribution in [0, 0.1) is 0 Å². The van der Waals surface area contributed by atoms with E-state index in [1.165, 1.54) is 0 Å². The molecule has 0 aliphatic carbocycles. The summed E-state index contributed by atoms with van der Waals surface area (Å²) in [6.45, 7) is 0.622. The van der Waals surface area contributed by atoms with Gasteiger partial charge in [-0.05, 0) is 36.2 Å². The molecule has 2 amide bonds. The number of carbonyl (C=O) groups excluding carboxylic acids is 2. The number of rotatable bonds is 7. The van der Waals surface area contributed by atoms with Crippen molar-refractivity contribution in [3.05, 3.63) is 71.4 Å². The molecule has 0 spiro atoms. The van der Waals surface area contributed by atoms with Gasteiger partial charge in [-0.25, -0.2) is 9.69 Å². The molecule has 7 heteroatoms. The summed E-state index contributed by atoms with van der Waals surface area (Å²) in [7, 11) is 3.16. The van der Waals surface area contributed by atoms with Crippen molar-refractivity contribution in [1.82, 2.24) is 4.90 Å². The Morgan fingerprint density at radius 2 is 1.79 bits per heavy atom. The maximum Gasteiger partial charge on any atom is 0.417 e. The van der Waals surface area contributed by atoms with Gasteiger partial charge in [-0.3, -0.25) is 4.79 Å². The molecular formula is C22H24N2O5. The largest absolute Gasteiger partial charge is 0.497 e. The van der Waals surface area contributed by atoms with E-state index in [1.54, 1.807) is 14.2 Å². The van der Waals surface area contributed by atoms with E-state index < -0.39 is 6.09 Å². The van der Waals surface area contributed by atoms with Gasteiger partial charge in [0, 0.05) is 24.9 Å². The molecule has 1 fully saturated rings. The van der Waals surface area contributed by atoms with E-state index in [4.69, 9.17) is 14.2 Å². The Morgan fingerprint density at radius 1 is 1.07 bits per heavy atom. The Labute approximate surface area is 169 Å². The van der Waals surface area contributed by atoms with Crippen LogP contribution < -0.4 is 10.1 Å². The number of carbonyl (C=O) groups is 2. The summed E-state index contributed by atoms with van der Waals surface area (Å²) in [5.41, 5.74) is 2.80. The van der Waals surface area contributed by atoms with Crippen LogP contribution in [0.5, 0.6) is 5.75 Å². The summed E-state index contributed by atoms with van der Waals surface area (Å²) in [6, 6.07) is 16.7. The number of benzene rings is 2. The Bertz CT molecular complexity index is 878. The van der Waals surface area contributed by atoms with Crippen molar-refractivity contribution < 1.29 is 23.8 Å². The summed E-state index contributed by atoms with van der Waals surface area (Å²) < 4.78 is 15.7. The van der Waals surface area contributed by atoms with Crippen LogP contribution in [-0.4, -0.2) is 44.3 Å². The van der Waals surface area contributed by atoms with Gasteiger partial charge < -0.3 is 19.5 Å². The van der Waals surface area contributed by atoms with Gasteiger partial charge in [0.1, 0.15) is 12.4 Å². The third-order valence-corrected chi connectivity index (χ3v) is 4.55. The molecule has 1 aliphatic heterocycles. The predicted molar refractivity (Wildman–Crippen MR) is 108 cm³/mol. The summed E-state index contributed by atoms with van der Waals surface area (Å²) in [6.07, 6.45) is -0.212. The van der Waals surface area contributed by atoms with Crippen LogP contribution in [0.25, 0.3) is 0 Å². The van der Waals surface area contributed by atoms with E-state index in [-0.39, 0.29) is 25.7 Å². The molecule has 7 nitrogen and oxygen atoms in total. The maximum atomic E-state index is 12.8. The second-order valence-electron chi connectivity index (χ2n) is 6.49. The first-order valence-corrected chi connectivity index (χ1v) is 9.27. The maximum absolute atomic E-state index is 12.8. The molecule has 1 saturated heterocycles. The lowest BCUT2D eigenvalue weighted by Crippen LogP contribution is -2.33. The predicted octanol–water partition coefficient (Wildman–Crippen LogP) is 3.58. The van der Waals surface area contributed by atoms with Crippen LogP contribution >= 0.6 is 0 Å². The van der Waals surface area contributed by atoms with Gasteiger partial charge in [-0.2, -0.15) is 0 Å². The lowest BCUT2D eigenvalue weighted by molar-refractivity contribution is -0.123. The number of nitrogens with zero attached hydrogens (tertiary/aromatic N) is 1. The normalized spacial score (nSPS) is 15.2. The first-order chi connectivity index (χ1) is 14.1. The SMILES string of the molecule is COCC(Nc1ccc(OC)cc1)=C1CCN(C(=O)OCc2ccccc2)C1=O. The zero-order valence-electron chi connectivity index (χ0n) is 16.5. The molecule has 2 aromatic carbocycles. The van der Waals surface area contributed by atoms with Crippen LogP contribution in [0.4, 0.5) is 10.5 Å². The molecule has 1 heterocycles. The molecule has 1 N–H and O–H groups in total. The summed E-state index contributed by atoms with van der Waals surface area (Å²) in [4.78, 5) is 26.3. The first kappa shape index (κ1) is 20.4. The fourth-order valence-electron chi connectivity index (χ4n) is 3.04. The van der Waals surface area contributed by atoms with Gasteiger partial charge >= 0.3 is 6.09 Å². The van der Waals surface area contributed by atoms with E-state index in [9.17, 15) is 9.59 Å². The first-order valence-electron chi connectivity index (χ1n) is 9.27. The van der Waals surface area contributed by atoms with Crippen molar-refractivity contribution in [2.45, 2.75) is 13.0 Å². The second-order valence-corrected chi connectivity index (χ2v) is 6.49. The minimum Gasteiger partial charge on any atom is -0.497 e. The zero-order valence-corrected chi connectivity index (χ0v) is 16.5. The van der Waals surface area contributed by atoms with Crippen molar-refractivity contribution in [2.24, 2.45) is 0 Å². The quantitative estimate of drug-likeness (QED) is 0.721. The number of amides is 2. The number of ether oxygens (including phenoxy) is 3. The Kier molecular flexibility index (Phi) is 6.86. The van der Waals surface area contributed by atoms with E-state index in [1.807, 2.05) is 54.6 Å².